The number of ether oxygens (including phenoxy) is 3. The smallest absolute Gasteiger partial charge is 0.433 e. The van der Waals surface area contributed by atoms with Crippen LogP contribution in [-0.4, -0.2) is 75.8 Å². The van der Waals surface area contributed by atoms with Crippen molar-refractivity contribution in [2.45, 2.75) is 38.0 Å². The minimum Gasteiger partial charge on any atom is -0.497 e. The van der Waals surface area contributed by atoms with Crippen molar-refractivity contribution in [1.29, 1.82) is 0 Å². The van der Waals surface area contributed by atoms with E-state index < -0.39 is 17.9 Å². The van der Waals surface area contributed by atoms with Crippen molar-refractivity contribution in [3.8, 4) is 23.2 Å². The molecule has 1 saturated heterocycles. The lowest BCUT2D eigenvalue weighted by Gasteiger charge is -2.42. The Labute approximate surface area is 268 Å². The number of hydrogen-bond acceptors (Lipinski definition) is 9. The van der Waals surface area contributed by atoms with Gasteiger partial charge in [-0.1, -0.05) is 18.2 Å². The molecule has 1 fully saturated rings. The van der Waals surface area contributed by atoms with E-state index in [0.29, 0.717) is 17.2 Å². The average Bonchev–Trinajstić information content (AvgIpc) is 3.77. The summed E-state index contributed by atoms with van der Waals surface area (Å²) in [4.78, 5) is 42.3. The third-order valence-electron chi connectivity index (χ3n) is 8.04. The van der Waals surface area contributed by atoms with Crippen LogP contribution in [-0.2, 0) is 22.2 Å². The Balaban J connectivity index is 1.26. The number of anilines is 1. The predicted octanol–water partition coefficient (Wildman–Crippen LogP) is 3.95. The molecule has 246 valence electrons. The van der Waals surface area contributed by atoms with Crippen molar-refractivity contribution in [1.82, 2.24) is 29.7 Å². The molecule has 15 heteroatoms. The summed E-state index contributed by atoms with van der Waals surface area (Å²) in [6, 6.07) is 12.3. The van der Waals surface area contributed by atoms with Gasteiger partial charge in [-0.25, -0.2) is 9.97 Å². The second-order valence-electron chi connectivity index (χ2n) is 11.2. The summed E-state index contributed by atoms with van der Waals surface area (Å²) in [6.45, 7) is 2.35. The highest BCUT2D eigenvalue weighted by atomic mass is 19.4. The molecule has 4 heterocycles. The zero-order valence-corrected chi connectivity index (χ0v) is 25.6. The molecule has 0 spiro atoms. The SMILES string of the molecule is COc1cccc(C(C)NC(=O)CC2CN(C(=O)Cc3ccc4c(c3)OCO4)CCN2c2cc(C(F)(F)F)nc(-n3ccnc3)n2)c1. The predicted molar refractivity (Wildman–Crippen MR) is 162 cm³/mol. The first kappa shape index (κ1) is 31.6. The third-order valence-corrected chi connectivity index (χ3v) is 8.04. The summed E-state index contributed by atoms with van der Waals surface area (Å²) >= 11 is 0. The number of halogens is 3. The van der Waals surface area contributed by atoms with E-state index in [4.69, 9.17) is 14.2 Å². The number of carbonyl (C=O) groups excluding carboxylic acids is 2. The molecule has 0 bridgehead atoms. The Bertz CT molecular complexity index is 1750. The molecule has 1 N–H and O–H groups in total. The van der Waals surface area contributed by atoms with Crippen LogP contribution in [0.25, 0.3) is 5.95 Å². The maximum Gasteiger partial charge on any atom is 0.433 e. The molecule has 0 saturated carbocycles. The van der Waals surface area contributed by atoms with E-state index in [1.54, 1.807) is 41.2 Å². The number of alkyl halides is 3. The number of nitrogens with one attached hydrogen (secondary N) is 1. The second kappa shape index (κ2) is 13.2. The molecule has 2 unspecified atom stereocenters. The molecule has 12 nitrogen and oxygen atoms in total. The number of piperazine rings is 1. The van der Waals surface area contributed by atoms with Crippen molar-refractivity contribution in [2.24, 2.45) is 0 Å². The van der Waals surface area contributed by atoms with Crippen LogP contribution in [0.4, 0.5) is 19.0 Å². The monoisotopic (exact) mass is 651 g/mol. The van der Waals surface area contributed by atoms with Gasteiger partial charge in [-0.05, 0) is 42.3 Å². The minimum atomic E-state index is -4.76. The van der Waals surface area contributed by atoms with E-state index in [1.165, 1.54) is 23.3 Å². The average molecular weight is 652 g/mol. The van der Waals surface area contributed by atoms with Gasteiger partial charge in [-0.2, -0.15) is 18.2 Å². The fourth-order valence-corrected chi connectivity index (χ4v) is 5.61. The van der Waals surface area contributed by atoms with Crippen LogP contribution in [0.5, 0.6) is 17.2 Å². The van der Waals surface area contributed by atoms with Gasteiger partial charge in [0.2, 0.25) is 24.6 Å². The highest BCUT2D eigenvalue weighted by Crippen LogP contribution is 2.34. The lowest BCUT2D eigenvalue weighted by atomic mass is 10.0. The maximum absolute atomic E-state index is 14.0. The molecule has 6 rings (SSSR count). The van der Waals surface area contributed by atoms with Gasteiger partial charge in [0, 0.05) is 44.5 Å². The quantitative estimate of drug-likeness (QED) is 0.287. The highest BCUT2D eigenvalue weighted by Gasteiger charge is 2.37. The van der Waals surface area contributed by atoms with Gasteiger partial charge in [-0.3, -0.25) is 14.2 Å². The maximum atomic E-state index is 14.0. The van der Waals surface area contributed by atoms with E-state index in [0.717, 1.165) is 17.2 Å². The molecule has 2 amide bonds. The molecule has 2 aliphatic heterocycles. The highest BCUT2D eigenvalue weighted by molar-refractivity contribution is 5.81. The van der Waals surface area contributed by atoms with Crippen LogP contribution in [0.1, 0.15) is 36.2 Å². The van der Waals surface area contributed by atoms with Crippen LogP contribution in [0.15, 0.2) is 67.3 Å². The van der Waals surface area contributed by atoms with E-state index in [2.05, 4.69) is 20.3 Å². The van der Waals surface area contributed by atoms with Crippen molar-refractivity contribution in [2.75, 3.05) is 38.4 Å². The number of hydrogen-bond donors (Lipinski definition) is 1. The molecule has 2 atom stereocenters. The standard InChI is InChI=1S/C32H32F3N7O5/c1-20(22-4-3-5-24(14-22)45-2)37-29(43)15-23-17-40(30(44)13-21-6-7-25-26(12-21)47-19-46-25)10-11-42(23)28-16-27(32(33,34)35)38-31(39-28)41-9-8-36-18-41/h3-9,12,14,16,18,20,23H,10-11,13,15,17,19H2,1-2H3,(H,37,43). The second-order valence-corrected chi connectivity index (χ2v) is 11.2. The topological polar surface area (TPSA) is 124 Å². The molecule has 2 aromatic heterocycles. The largest absolute Gasteiger partial charge is 0.497 e. The van der Waals surface area contributed by atoms with Crippen molar-refractivity contribution < 1.29 is 37.0 Å². The Morgan fingerprint density at radius 3 is 2.68 bits per heavy atom. The number of amides is 2. The number of fused-ring (bicyclic) bond motifs is 1. The van der Waals surface area contributed by atoms with Gasteiger partial charge in [0.25, 0.3) is 0 Å². The first-order chi connectivity index (χ1) is 22.6. The number of imidazole rings is 1. The summed E-state index contributed by atoms with van der Waals surface area (Å²) in [5, 5.41) is 2.97. The number of methoxy groups -OCH3 is 1. The summed E-state index contributed by atoms with van der Waals surface area (Å²) < 4.78 is 59.4. The first-order valence-corrected chi connectivity index (χ1v) is 14.9. The molecule has 4 aromatic rings. The van der Waals surface area contributed by atoms with Crippen LogP contribution in [0.3, 0.4) is 0 Å². The Morgan fingerprint density at radius 1 is 1.09 bits per heavy atom. The molecular formula is C32H32F3N7O5. The van der Waals surface area contributed by atoms with E-state index in [-0.39, 0.29) is 68.9 Å². The molecule has 0 radical (unpaired) electrons. The van der Waals surface area contributed by atoms with Gasteiger partial charge in [0.15, 0.2) is 17.2 Å². The number of carbonyl (C=O) groups is 2. The fraction of sp³-hybridized carbons (Fsp3) is 0.344. The van der Waals surface area contributed by atoms with Gasteiger partial charge in [-0.15, -0.1) is 0 Å². The van der Waals surface area contributed by atoms with Crippen molar-refractivity contribution in [3.05, 3.63) is 84.1 Å². The van der Waals surface area contributed by atoms with Crippen molar-refractivity contribution >= 4 is 17.6 Å². The summed E-state index contributed by atoms with van der Waals surface area (Å²) in [7, 11) is 1.55. The van der Waals surface area contributed by atoms with Crippen LogP contribution >= 0.6 is 0 Å². The molecule has 2 aromatic carbocycles. The number of aromatic nitrogens is 4. The van der Waals surface area contributed by atoms with Gasteiger partial charge in [0.1, 0.15) is 17.9 Å². The molecule has 0 aliphatic carbocycles. The summed E-state index contributed by atoms with van der Waals surface area (Å²) in [6.07, 6.45) is -0.653. The van der Waals surface area contributed by atoms with Gasteiger partial charge in [0.05, 0.1) is 25.6 Å². The van der Waals surface area contributed by atoms with Crippen LogP contribution < -0.4 is 24.4 Å². The number of nitrogens with zero attached hydrogens (tertiary/aromatic N) is 6. The van der Waals surface area contributed by atoms with E-state index >= 15 is 0 Å². The minimum absolute atomic E-state index is 0.0162. The molecule has 47 heavy (non-hydrogen) atoms. The number of benzene rings is 2. The first-order valence-electron chi connectivity index (χ1n) is 14.9. The van der Waals surface area contributed by atoms with Gasteiger partial charge < -0.3 is 29.3 Å². The van der Waals surface area contributed by atoms with Gasteiger partial charge >= 0.3 is 6.18 Å². The van der Waals surface area contributed by atoms with Crippen LogP contribution in [0.2, 0.25) is 0 Å². The number of rotatable bonds is 9. The van der Waals surface area contributed by atoms with Crippen LogP contribution in [0, 0.1) is 0 Å². The Morgan fingerprint density at radius 2 is 1.91 bits per heavy atom. The Kier molecular flexibility index (Phi) is 8.87. The lowest BCUT2D eigenvalue weighted by molar-refractivity contribution is -0.141. The summed E-state index contributed by atoms with van der Waals surface area (Å²) in [5.41, 5.74) is 0.398. The fourth-order valence-electron chi connectivity index (χ4n) is 5.61. The van der Waals surface area contributed by atoms with E-state index in [1.807, 2.05) is 25.1 Å². The Hall–Kier alpha value is -5.34. The third kappa shape index (κ3) is 7.23. The zero-order valence-electron chi connectivity index (χ0n) is 25.6. The molecule has 2 aliphatic rings. The normalized spacial score (nSPS) is 16.6. The van der Waals surface area contributed by atoms with Crippen molar-refractivity contribution in [3.63, 3.8) is 0 Å². The summed E-state index contributed by atoms with van der Waals surface area (Å²) in [5.74, 6) is 1.01. The lowest BCUT2D eigenvalue weighted by Crippen LogP contribution is -2.56. The molecular weight excluding hydrogens is 619 g/mol. The zero-order chi connectivity index (χ0) is 33.1. The van der Waals surface area contributed by atoms with E-state index in [9.17, 15) is 22.8 Å².